The minimum Gasteiger partial charge on any atom is -0.393 e. The second kappa shape index (κ2) is 4.48. The highest BCUT2D eigenvalue weighted by Crippen LogP contribution is 2.15. The maximum atomic E-state index is 11.7. The molecule has 0 radical (unpaired) electrons. The largest absolute Gasteiger partial charge is 0.393 e. The van der Waals surface area contributed by atoms with Gasteiger partial charge in [0.2, 0.25) is 10.0 Å². The number of thiocarbonyl (C=S) groups is 1. The summed E-state index contributed by atoms with van der Waals surface area (Å²) in [7, 11) is -3.54. The molecule has 1 aromatic rings. The van der Waals surface area contributed by atoms with Crippen molar-refractivity contribution in [1.82, 2.24) is 14.9 Å². The van der Waals surface area contributed by atoms with Crippen LogP contribution < -0.4 is 10.5 Å². The van der Waals surface area contributed by atoms with Gasteiger partial charge in [0.1, 0.15) is 4.90 Å². The summed E-state index contributed by atoms with van der Waals surface area (Å²) >= 11 is 4.84. The molecule has 0 aliphatic heterocycles. The Morgan fingerprint density at radius 1 is 1.69 bits per heavy atom. The van der Waals surface area contributed by atoms with E-state index in [-0.39, 0.29) is 16.4 Å². The van der Waals surface area contributed by atoms with Crippen molar-refractivity contribution in [2.45, 2.75) is 18.7 Å². The number of aromatic amines is 1. The second-order valence-corrected chi connectivity index (χ2v) is 6.21. The van der Waals surface area contributed by atoms with Gasteiger partial charge in [-0.15, -0.1) is 0 Å². The summed E-state index contributed by atoms with van der Waals surface area (Å²) in [5, 5.41) is 6.01. The Morgan fingerprint density at radius 3 is 2.75 bits per heavy atom. The molecule has 0 unspecified atom stereocenters. The minimum atomic E-state index is -3.54. The van der Waals surface area contributed by atoms with E-state index < -0.39 is 15.4 Å². The fourth-order valence-electron chi connectivity index (χ4n) is 0.832. The Kier molecular flexibility index (Phi) is 3.66. The van der Waals surface area contributed by atoms with Crippen LogP contribution in [0.2, 0.25) is 0 Å². The van der Waals surface area contributed by atoms with Gasteiger partial charge in [-0.2, -0.15) is 5.10 Å². The molecule has 0 aliphatic carbocycles. The second-order valence-electron chi connectivity index (χ2n) is 4.01. The molecule has 0 aromatic carbocycles. The first-order valence-electron chi connectivity index (χ1n) is 4.54. The number of rotatable bonds is 5. The van der Waals surface area contributed by atoms with Crippen LogP contribution in [-0.2, 0) is 10.0 Å². The summed E-state index contributed by atoms with van der Waals surface area (Å²) in [4.78, 5) is 0.355. The fourth-order valence-corrected chi connectivity index (χ4v) is 2.02. The average Bonchev–Trinajstić information content (AvgIpc) is 2.68. The first-order valence-corrected chi connectivity index (χ1v) is 6.43. The Morgan fingerprint density at radius 2 is 2.31 bits per heavy atom. The van der Waals surface area contributed by atoms with Crippen molar-refractivity contribution in [3.63, 3.8) is 0 Å². The number of nitrogens with two attached hydrogens (primary N) is 1. The molecule has 0 spiro atoms. The van der Waals surface area contributed by atoms with Gasteiger partial charge in [0.25, 0.3) is 0 Å². The highest BCUT2D eigenvalue weighted by molar-refractivity contribution is 7.89. The quantitative estimate of drug-likeness (QED) is 0.648. The first kappa shape index (κ1) is 13.1. The van der Waals surface area contributed by atoms with Crippen LogP contribution >= 0.6 is 12.2 Å². The number of aromatic nitrogens is 2. The summed E-state index contributed by atoms with van der Waals surface area (Å²) in [5.74, 6) is 0. The third kappa shape index (κ3) is 3.00. The molecule has 0 atom stereocenters. The Labute approximate surface area is 99.7 Å². The zero-order valence-electron chi connectivity index (χ0n) is 9.02. The van der Waals surface area contributed by atoms with Crippen LogP contribution in [0.1, 0.15) is 13.8 Å². The lowest BCUT2D eigenvalue weighted by Crippen LogP contribution is -2.41. The van der Waals surface area contributed by atoms with Gasteiger partial charge >= 0.3 is 0 Å². The number of nitrogens with zero attached hydrogens (tertiary/aromatic N) is 1. The molecule has 0 saturated heterocycles. The van der Waals surface area contributed by atoms with Crippen LogP contribution in [-0.4, -0.2) is 30.1 Å². The summed E-state index contributed by atoms with van der Waals surface area (Å²) in [6, 6.07) is 0. The Hall–Kier alpha value is -0.990. The van der Waals surface area contributed by atoms with E-state index >= 15 is 0 Å². The number of hydrogen-bond acceptors (Lipinski definition) is 4. The van der Waals surface area contributed by atoms with E-state index in [1.54, 1.807) is 13.8 Å². The standard InChI is InChI=1S/C8H14N4O2S2/c1-8(2,7(9)15)5-12-16(13,14)6-3-10-11-4-6/h3-4,12H,5H2,1-2H3,(H2,9,15)(H,10,11). The van der Waals surface area contributed by atoms with Crippen molar-refractivity contribution in [2.24, 2.45) is 11.1 Å². The minimum absolute atomic E-state index is 0.0891. The highest BCUT2D eigenvalue weighted by Gasteiger charge is 2.25. The molecule has 0 bridgehead atoms. The molecule has 8 heteroatoms. The summed E-state index contributed by atoms with van der Waals surface area (Å²) in [6.07, 6.45) is 2.53. The van der Waals surface area contributed by atoms with E-state index in [1.165, 1.54) is 12.4 Å². The summed E-state index contributed by atoms with van der Waals surface area (Å²) in [5.41, 5.74) is 4.93. The van der Waals surface area contributed by atoms with Crippen LogP contribution in [0, 0.1) is 5.41 Å². The number of hydrogen-bond donors (Lipinski definition) is 3. The molecular weight excluding hydrogens is 248 g/mol. The van der Waals surface area contributed by atoms with Gasteiger partial charge in [0.05, 0.1) is 11.2 Å². The fraction of sp³-hybridized carbons (Fsp3) is 0.500. The van der Waals surface area contributed by atoms with Crippen LogP contribution in [0.5, 0.6) is 0 Å². The summed E-state index contributed by atoms with van der Waals surface area (Å²) < 4.78 is 25.8. The zero-order chi connectivity index (χ0) is 12.4. The van der Waals surface area contributed by atoms with Gasteiger partial charge in [-0.1, -0.05) is 26.1 Å². The van der Waals surface area contributed by atoms with E-state index in [4.69, 9.17) is 18.0 Å². The predicted molar refractivity (Wildman–Crippen MR) is 64.3 cm³/mol. The molecule has 0 aliphatic rings. The molecular formula is C8H14N4O2S2. The lowest BCUT2D eigenvalue weighted by Gasteiger charge is -2.22. The maximum absolute atomic E-state index is 11.7. The summed E-state index contributed by atoms with van der Waals surface area (Å²) in [6.45, 7) is 3.69. The lowest BCUT2D eigenvalue weighted by atomic mass is 9.94. The number of sulfonamides is 1. The number of nitrogens with one attached hydrogen (secondary N) is 2. The molecule has 1 heterocycles. The van der Waals surface area contributed by atoms with E-state index in [0.29, 0.717) is 0 Å². The molecule has 6 nitrogen and oxygen atoms in total. The van der Waals surface area contributed by atoms with Crippen molar-refractivity contribution in [2.75, 3.05) is 6.54 Å². The van der Waals surface area contributed by atoms with Gasteiger partial charge in [-0.3, -0.25) is 5.10 Å². The van der Waals surface area contributed by atoms with Crippen molar-refractivity contribution < 1.29 is 8.42 Å². The molecule has 0 fully saturated rings. The monoisotopic (exact) mass is 262 g/mol. The van der Waals surface area contributed by atoms with Gasteiger partial charge in [0, 0.05) is 18.2 Å². The molecule has 4 N–H and O–H groups in total. The molecule has 0 amide bonds. The zero-order valence-corrected chi connectivity index (χ0v) is 10.7. The first-order chi connectivity index (χ1) is 7.26. The average molecular weight is 262 g/mol. The van der Waals surface area contributed by atoms with Gasteiger partial charge < -0.3 is 5.73 Å². The smallest absolute Gasteiger partial charge is 0.243 e. The number of H-pyrrole nitrogens is 1. The van der Waals surface area contributed by atoms with Crippen molar-refractivity contribution >= 4 is 27.2 Å². The van der Waals surface area contributed by atoms with Gasteiger partial charge in [-0.25, -0.2) is 13.1 Å². The van der Waals surface area contributed by atoms with Gasteiger partial charge in [0.15, 0.2) is 0 Å². The third-order valence-electron chi connectivity index (χ3n) is 2.15. The van der Waals surface area contributed by atoms with Crippen LogP contribution in [0.3, 0.4) is 0 Å². The van der Waals surface area contributed by atoms with E-state index in [2.05, 4.69) is 14.9 Å². The lowest BCUT2D eigenvalue weighted by molar-refractivity contribution is 0.501. The van der Waals surface area contributed by atoms with Crippen molar-refractivity contribution in [3.8, 4) is 0 Å². The maximum Gasteiger partial charge on any atom is 0.243 e. The SMILES string of the molecule is CC(C)(CNS(=O)(=O)c1cn[nH]c1)C(N)=S. The van der Waals surface area contributed by atoms with Crippen molar-refractivity contribution in [3.05, 3.63) is 12.4 Å². The Balaban J connectivity index is 2.74. The van der Waals surface area contributed by atoms with Crippen LogP contribution in [0.15, 0.2) is 17.3 Å². The molecule has 16 heavy (non-hydrogen) atoms. The predicted octanol–water partition coefficient (Wildman–Crippen LogP) is 0.000300. The normalized spacial score (nSPS) is 12.6. The van der Waals surface area contributed by atoms with Crippen molar-refractivity contribution in [1.29, 1.82) is 0 Å². The third-order valence-corrected chi connectivity index (χ3v) is 4.08. The van der Waals surface area contributed by atoms with E-state index in [9.17, 15) is 8.42 Å². The van der Waals surface area contributed by atoms with Crippen LogP contribution in [0.25, 0.3) is 0 Å². The van der Waals surface area contributed by atoms with E-state index in [1.807, 2.05) is 0 Å². The topological polar surface area (TPSA) is 101 Å². The highest BCUT2D eigenvalue weighted by atomic mass is 32.2. The molecule has 0 saturated carbocycles. The molecule has 1 aromatic heterocycles. The molecule has 90 valence electrons. The Bertz CT molecular complexity index is 464. The molecule has 1 rings (SSSR count). The van der Waals surface area contributed by atoms with Crippen LogP contribution in [0.4, 0.5) is 0 Å². The van der Waals surface area contributed by atoms with E-state index in [0.717, 1.165) is 0 Å². The van der Waals surface area contributed by atoms with Gasteiger partial charge in [-0.05, 0) is 0 Å².